The van der Waals surface area contributed by atoms with Crippen molar-refractivity contribution in [3.63, 3.8) is 0 Å². The highest BCUT2D eigenvalue weighted by atomic mass is 32.2. The van der Waals surface area contributed by atoms with Crippen LogP contribution < -0.4 is 0 Å². The number of amides is 1. The van der Waals surface area contributed by atoms with Crippen molar-refractivity contribution in [1.29, 1.82) is 0 Å². The van der Waals surface area contributed by atoms with E-state index in [1.807, 2.05) is 20.8 Å². The van der Waals surface area contributed by atoms with Gasteiger partial charge in [0, 0.05) is 18.3 Å². The van der Waals surface area contributed by atoms with E-state index in [1.54, 1.807) is 4.90 Å². The quantitative estimate of drug-likeness (QED) is 0.786. The van der Waals surface area contributed by atoms with Gasteiger partial charge in [0.1, 0.15) is 5.60 Å². The Kier molecular flexibility index (Phi) is 4.47. The summed E-state index contributed by atoms with van der Waals surface area (Å²) in [6.07, 6.45) is 2.86. The molecule has 0 saturated carbocycles. The Morgan fingerprint density at radius 3 is 2.70 bits per heavy atom. The van der Waals surface area contributed by atoms with E-state index in [-0.39, 0.29) is 11.3 Å². The van der Waals surface area contributed by atoms with Gasteiger partial charge >= 0.3 is 6.09 Å². The van der Waals surface area contributed by atoms with E-state index in [0.717, 1.165) is 18.8 Å². The largest absolute Gasteiger partial charge is 0.444 e. The highest BCUT2D eigenvalue weighted by Crippen LogP contribution is 2.28. The molecule has 2 rings (SSSR count). The summed E-state index contributed by atoms with van der Waals surface area (Å²) in [6, 6.07) is 0. The number of hydrogen-bond donors (Lipinski definition) is 0. The number of ether oxygens (including phenoxy) is 1. The Hall–Kier alpha value is -1.37. The van der Waals surface area contributed by atoms with Gasteiger partial charge in [0.25, 0.3) is 0 Å². The van der Waals surface area contributed by atoms with Crippen LogP contribution in [-0.2, 0) is 4.74 Å². The zero-order valence-corrected chi connectivity index (χ0v) is 12.6. The molecule has 20 heavy (non-hydrogen) atoms. The summed E-state index contributed by atoms with van der Waals surface area (Å²) in [5.74, 6) is -0.448. The molecule has 0 N–H and O–H groups in total. The smallest absolute Gasteiger partial charge is 0.410 e. The molecule has 110 valence electrons. The van der Waals surface area contributed by atoms with E-state index in [1.165, 1.54) is 11.8 Å². The minimum atomic E-state index is -0.484. The number of likely N-dealkylation sites (tertiary alicyclic amines) is 1. The summed E-state index contributed by atoms with van der Waals surface area (Å²) in [5, 5.41) is 0.746. The van der Waals surface area contributed by atoms with Crippen molar-refractivity contribution in [3.8, 4) is 0 Å². The van der Waals surface area contributed by atoms with Crippen molar-refractivity contribution in [2.45, 2.75) is 43.2 Å². The Bertz CT molecular complexity index is 475. The Morgan fingerprint density at radius 2 is 2.10 bits per heavy atom. The topological polar surface area (TPSA) is 55.3 Å². The lowest BCUT2D eigenvalue weighted by atomic mass is 10.2. The molecule has 1 aliphatic rings. The third-order valence-electron chi connectivity index (χ3n) is 2.67. The maximum absolute atomic E-state index is 12.7. The molecule has 5 nitrogen and oxygen atoms in total. The lowest BCUT2D eigenvalue weighted by Crippen LogP contribution is -2.35. The van der Waals surface area contributed by atoms with Gasteiger partial charge < -0.3 is 9.64 Å². The second-order valence-electron chi connectivity index (χ2n) is 5.64. The number of aromatic nitrogens is 2. The van der Waals surface area contributed by atoms with Crippen molar-refractivity contribution in [2.24, 2.45) is 0 Å². The van der Waals surface area contributed by atoms with Crippen LogP contribution in [0.25, 0.3) is 0 Å². The predicted molar refractivity (Wildman–Crippen MR) is 74.1 cm³/mol. The van der Waals surface area contributed by atoms with E-state index in [2.05, 4.69) is 9.97 Å². The standard InChI is InChI=1S/C13H18FN3O2S/c1-13(2,3)19-12(18)17-5-4-10(8-17)20-11-15-6-9(14)7-16-11/h6-7,10H,4-5,8H2,1-3H3/t10-/m0/s1. The summed E-state index contributed by atoms with van der Waals surface area (Å²) in [4.78, 5) is 21.4. The average molecular weight is 299 g/mol. The summed E-state index contributed by atoms with van der Waals surface area (Å²) in [5.41, 5.74) is -0.484. The lowest BCUT2D eigenvalue weighted by molar-refractivity contribution is 0.0295. The molecule has 1 aliphatic heterocycles. The molecule has 1 aromatic rings. The van der Waals surface area contributed by atoms with Crippen LogP contribution in [0.15, 0.2) is 17.6 Å². The lowest BCUT2D eigenvalue weighted by Gasteiger charge is -2.24. The summed E-state index contributed by atoms with van der Waals surface area (Å²) < 4.78 is 18.1. The molecule has 7 heteroatoms. The zero-order chi connectivity index (χ0) is 14.8. The van der Waals surface area contributed by atoms with Gasteiger partial charge in [-0.05, 0) is 27.2 Å². The number of nitrogens with zero attached hydrogens (tertiary/aromatic N) is 3. The van der Waals surface area contributed by atoms with Crippen LogP contribution in [0.2, 0.25) is 0 Å². The number of carbonyl (C=O) groups is 1. The monoisotopic (exact) mass is 299 g/mol. The predicted octanol–water partition coefficient (Wildman–Crippen LogP) is 2.72. The number of rotatable bonds is 2. The second kappa shape index (κ2) is 5.95. The average Bonchev–Trinajstić information content (AvgIpc) is 2.79. The van der Waals surface area contributed by atoms with Crippen LogP contribution in [0.5, 0.6) is 0 Å². The van der Waals surface area contributed by atoms with E-state index in [4.69, 9.17) is 4.74 Å². The molecule has 1 atom stereocenters. The van der Waals surface area contributed by atoms with E-state index in [0.29, 0.717) is 18.2 Å². The number of hydrogen-bond acceptors (Lipinski definition) is 5. The van der Waals surface area contributed by atoms with Crippen LogP contribution >= 0.6 is 11.8 Å². The fourth-order valence-electron chi connectivity index (χ4n) is 1.83. The van der Waals surface area contributed by atoms with Crippen molar-refractivity contribution in [1.82, 2.24) is 14.9 Å². The first-order chi connectivity index (χ1) is 9.33. The molecule has 1 amide bonds. The summed E-state index contributed by atoms with van der Waals surface area (Å²) >= 11 is 1.46. The number of halogens is 1. The van der Waals surface area contributed by atoms with Gasteiger partial charge in [-0.2, -0.15) is 0 Å². The first-order valence-electron chi connectivity index (χ1n) is 6.45. The van der Waals surface area contributed by atoms with Crippen LogP contribution in [0.3, 0.4) is 0 Å². The molecular formula is C13H18FN3O2S. The van der Waals surface area contributed by atoms with Crippen molar-refractivity contribution < 1.29 is 13.9 Å². The molecule has 0 bridgehead atoms. The zero-order valence-electron chi connectivity index (χ0n) is 11.8. The Balaban J connectivity index is 1.86. The maximum Gasteiger partial charge on any atom is 0.410 e. The Morgan fingerprint density at radius 1 is 1.45 bits per heavy atom. The first kappa shape index (κ1) is 15.0. The normalized spacial score (nSPS) is 19.2. The van der Waals surface area contributed by atoms with Gasteiger partial charge in [0.2, 0.25) is 0 Å². The van der Waals surface area contributed by atoms with Crippen LogP contribution in [-0.4, -0.2) is 44.9 Å². The van der Waals surface area contributed by atoms with E-state index in [9.17, 15) is 9.18 Å². The summed E-state index contributed by atoms with van der Waals surface area (Å²) in [6.45, 7) is 6.80. The third-order valence-corrected chi connectivity index (χ3v) is 3.81. The van der Waals surface area contributed by atoms with Crippen LogP contribution in [0.1, 0.15) is 27.2 Å². The molecular weight excluding hydrogens is 281 g/mol. The summed E-state index contributed by atoms with van der Waals surface area (Å²) in [7, 11) is 0. The molecule has 0 radical (unpaired) electrons. The SMILES string of the molecule is CC(C)(C)OC(=O)N1CC[C@H](Sc2ncc(F)cn2)C1. The molecule has 0 spiro atoms. The van der Waals surface area contributed by atoms with Gasteiger partial charge in [0.05, 0.1) is 12.4 Å². The van der Waals surface area contributed by atoms with Crippen LogP contribution in [0, 0.1) is 5.82 Å². The molecule has 1 aromatic heterocycles. The minimum absolute atomic E-state index is 0.216. The highest BCUT2D eigenvalue weighted by Gasteiger charge is 2.30. The van der Waals surface area contributed by atoms with Crippen molar-refractivity contribution >= 4 is 17.9 Å². The molecule has 1 saturated heterocycles. The number of thioether (sulfide) groups is 1. The molecule has 0 aliphatic carbocycles. The third kappa shape index (κ3) is 4.33. The second-order valence-corrected chi connectivity index (χ2v) is 6.91. The number of carbonyl (C=O) groups excluding carboxylic acids is 1. The van der Waals surface area contributed by atoms with E-state index >= 15 is 0 Å². The van der Waals surface area contributed by atoms with Gasteiger partial charge in [-0.3, -0.25) is 0 Å². The minimum Gasteiger partial charge on any atom is -0.444 e. The van der Waals surface area contributed by atoms with Crippen molar-refractivity contribution in [3.05, 3.63) is 18.2 Å². The van der Waals surface area contributed by atoms with Gasteiger partial charge in [-0.15, -0.1) is 0 Å². The fourth-order valence-corrected chi connectivity index (χ4v) is 2.83. The van der Waals surface area contributed by atoms with Crippen molar-refractivity contribution in [2.75, 3.05) is 13.1 Å². The van der Waals surface area contributed by atoms with Gasteiger partial charge in [-0.25, -0.2) is 19.2 Å². The Labute approximate surface area is 121 Å². The molecule has 2 heterocycles. The first-order valence-corrected chi connectivity index (χ1v) is 7.33. The fraction of sp³-hybridized carbons (Fsp3) is 0.615. The molecule has 0 unspecified atom stereocenters. The van der Waals surface area contributed by atoms with Gasteiger partial charge in [0.15, 0.2) is 11.0 Å². The maximum atomic E-state index is 12.7. The molecule has 0 aromatic carbocycles. The molecule has 1 fully saturated rings. The van der Waals surface area contributed by atoms with E-state index < -0.39 is 11.4 Å². The van der Waals surface area contributed by atoms with Gasteiger partial charge in [-0.1, -0.05) is 11.8 Å². The highest BCUT2D eigenvalue weighted by molar-refractivity contribution is 7.99. The van der Waals surface area contributed by atoms with Crippen LogP contribution in [0.4, 0.5) is 9.18 Å².